The molecule has 39 heavy (non-hydrogen) atoms. The number of amides is 1. The summed E-state index contributed by atoms with van der Waals surface area (Å²) in [5.74, 6) is 1.40. The fraction of sp³-hybridized carbons (Fsp3) is 0.462. The van der Waals surface area contributed by atoms with Crippen molar-refractivity contribution in [1.29, 1.82) is 0 Å². The van der Waals surface area contributed by atoms with Gasteiger partial charge in [0.15, 0.2) is 17.3 Å². The Bertz CT molecular complexity index is 1600. The highest BCUT2D eigenvalue weighted by atomic mass is 35.5. The molecule has 1 aromatic carbocycles. The van der Waals surface area contributed by atoms with Crippen LogP contribution in [0, 0.1) is 5.92 Å². The molecule has 204 valence electrons. The molecule has 1 saturated carbocycles. The van der Waals surface area contributed by atoms with Gasteiger partial charge in [-0.15, -0.1) is 0 Å². The second-order valence-electron chi connectivity index (χ2n) is 10.9. The van der Waals surface area contributed by atoms with Gasteiger partial charge < -0.3 is 20.0 Å². The number of imidazole rings is 1. The number of hydrogen-bond donors (Lipinski definition) is 1. The number of rotatable bonds is 5. The highest BCUT2D eigenvalue weighted by molar-refractivity contribution is 6.35. The molecule has 3 aromatic heterocycles. The van der Waals surface area contributed by atoms with Gasteiger partial charge in [0.05, 0.1) is 35.1 Å². The number of hydrogen-bond acceptors (Lipinski definition) is 9. The zero-order valence-corrected chi connectivity index (χ0v) is 22.8. The van der Waals surface area contributed by atoms with Gasteiger partial charge in [0, 0.05) is 25.5 Å². The SMILES string of the molecule is CC(C)(C)OC(=O)N1CCN(n2c(C(Nc3ncnn4ccnc34)C3CC3)nc3cccc(Cl)c3c2=O)CC1. The van der Waals surface area contributed by atoms with Gasteiger partial charge in [-0.1, -0.05) is 17.7 Å². The van der Waals surface area contributed by atoms with E-state index in [0.717, 1.165) is 12.8 Å². The molecule has 4 heterocycles. The molecule has 1 amide bonds. The third-order valence-corrected chi connectivity index (χ3v) is 7.22. The van der Waals surface area contributed by atoms with Gasteiger partial charge in [-0.25, -0.2) is 28.9 Å². The second-order valence-corrected chi connectivity index (χ2v) is 11.3. The first-order valence-electron chi connectivity index (χ1n) is 13.0. The van der Waals surface area contributed by atoms with E-state index in [1.807, 2.05) is 25.8 Å². The lowest BCUT2D eigenvalue weighted by Gasteiger charge is -2.38. The average Bonchev–Trinajstić information content (AvgIpc) is 3.61. The largest absolute Gasteiger partial charge is 0.444 e. The molecule has 2 aliphatic rings. The summed E-state index contributed by atoms with van der Waals surface area (Å²) < 4.78 is 8.84. The quantitative estimate of drug-likeness (QED) is 0.398. The number of ether oxygens (including phenoxy) is 1. The highest BCUT2D eigenvalue weighted by Gasteiger charge is 2.38. The maximum atomic E-state index is 14.1. The van der Waals surface area contributed by atoms with Crippen molar-refractivity contribution < 1.29 is 9.53 Å². The smallest absolute Gasteiger partial charge is 0.410 e. The lowest BCUT2D eigenvalue weighted by atomic mass is 10.1. The standard InChI is InChI=1S/C26H30ClN9O3/c1-26(2,3)39-25(38)33-11-13-34(14-12-33)36-22(31-18-6-4-5-17(27)19(18)24(36)37)20(16-7-8-16)32-21-23-28-9-10-35(23)30-15-29-21/h4-6,9-10,15-16,20H,7-8,11-14H2,1-3H3,(H,29,30,32). The van der Waals surface area contributed by atoms with E-state index < -0.39 is 5.60 Å². The molecule has 0 bridgehead atoms. The normalized spacial score (nSPS) is 17.0. The molecule has 1 aliphatic heterocycles. The molecule has 13 heteroatoms. The van der Waals surface area contributed by atoms with E-state index >= 15 is 0 Å². The Morgan fingerprint density at radius 2 is 1.92 bits per heavy atom. The third-order valence-electron chi connectivity index (χ3n) is 6.90. The molecule has 2 fully saturated rings. The molecule has 4 aromatic rings. The van der Waals surface area contributed by atoms with E-state index in [9.17, 15) is 9.59 Å². The molecule has 6 rings (SSSR count). The summed E-state index contributed by atoms with van der Waals surface area (Å²) in [6.45, 7) is 7.21. The predicted octanol–water partition coefficient (Wildman–Crippen LogP) is 3.24. The van der Waals surface area contributed by atoms with Crippen molar-refractivity contribution in [2.45, 2.75) is 45.3 Å². The van der Waals surface area contributed by atoms with Crippen LogP contribution in [0.4, 0.5) is 10.6 Å². The van der Waals surface area contributed by atoms with Crippen LogP contribution in [0.25, 0.3) is 16.6 Å². The van der Waals surface area contributed by atoms with Crippen LogP contribution in [0.2, 0.25) is 5.02 Å². The van der Waals surface area contributed by atoms with Gasteiger partial charge >= 0.3 is 6.09 Å². The maximum Gasteiger partial charge on any atom is 0.410 e. The number of carbonyl (C=O) groups is 1. The van der Waals surface area contributed by atoms with E-state index in [1.54, 1.807) is 44.7 Å². The van der Waals surface area contributed by atoms with Crippen LogP contribution in [0.3, 0.4) is 0 Å². The Kier molecular flexibility index (Phi) is 6.29. The summed E-state index contributed by atoms with van der Waals surface area (Å²) in [6.07, 6.45) is 6.51. The van der Waals surface area contributed by atoms with E-state index in [-0.39, 0.29) is 23.6 Å². The van der Waals surface area contributed by atoms with E-state index in [2.05, 4.69) is 20.4 Å². The highest BCUT2D eigenvalue weighted by Crippen LogP contribution is 2.42. The lowest BCUT2D eigenvalue weighted by molar-refractivity contribution is 0.0231. The van der Waals surface area contributed by atoms with Crippen molar-refractivity contribution >= 4 is 40.1 Å². The van der Waals surface area contributed by atoms with Crippen molar-refractivity contribution in [3.63, 3.8) is 0 Å². The number of fused-ring (bicyclic) bond motifs is 2. The van der Waals surface area contributed by atoms with Crippen molar-refractivity contribution in [3.05, 3.63) is 58.1 Å². The molecular formula is C26H30ClN9O3. The van der Waals surface area contributed by atoms with E-state index in [1.165, 1.54) is 6.33 Å². The fourth-order valence-electron chi connectivity index (χ4n) is 4.91. The fourth-order valence-corrected chi connectivity index (χ4v) is 5.16. The van der Waals surface area contributed by atoms with Crippen LogP contribution in [0.1, 0.15) is 45.5 Å². The topological polar surface area (TPSA) is 123 Å². The number of benzene rings is 1. The van der Waals surface area contributed by atoms with Crippen molar-refractivity contribution in [2.24, 2.45) is 5.92 Å². The van der Waals surface area contributed by atoms with Crippen LogP contribution >= 0.6 is 11.6 Å². The molecule has 1 atom stereocenters. The minimum absolute atomic E-state index is 0.243. The molecule has 1 N–H and O–H groups in total. The van der Waals surface area contributed by atoms with Crippen molar-refractivity contribution in [3.8, 4) is 0 Å². The molecule has 1 unspecified atom stereocenters. The molecule has 1 saturated heterocycles. The molecule has 0 radical (unpaired) electrons. The average molecular weight is 552 g/mol. The van der Waals surface area contributed by atoms with Gasteiger partial charge in [-0.2, -0.15) is 5.10 Å². The second kappa shape index (κ2) is 9.67. The van der Waals surface area contributed by atoms with Crippen LogP contribution < -0.4 is 15.9 Å². The first-order chi connectivity index (χ1) is 18.7. The monoisotopic (exact) mass is 551 g/mol. The summed E-state index contributed by atoms with van der Waals surface area (Å²) in [5, 5.41) is 10.4. The van der Waals surface area contributed by atoms with Crippen LogP contribution in [-0.2, 0) is 4.74 Å². The molecule has 0 spiro atoms. The summed E-state index contributed by atoms with van der Waals surface area (Å²) in [6, 6.07) is 4.99. The lowest BCUT2D eigenvalue weighted by Crippen LogP contribution is -2.57. The van der Waals surface area contributed by atoms with Crippen LogP contribution in [0.15, 0.2) is 41.7 Å². The summed E-state index contributed by atoms with van der Waals surface area (Å²) in [4.78, 5) is 42.2. The van der Waals surface area contributed by atoms with Gasteiger partial charge in [0.1, 0.15) is 11.9 Å². The maximum absolute atomic E-state index is 14.1. The van der Waals surface area contributed by atoms with Gasteiger partial charge in [-0.3, -0.25) is 4.79 Å². The van der Waals surface area contributed by atoms with E-state index in [0.29, 0.717) is 59.4 Å². The Hall–Kier alpha value is -3.93. The van der Waals surface area contributed by atoms with Gasteiger partial charge in [0.25, 0.3) is 5.56 Å². The Labute approximate surface area is 229 Å². The van der Waals surface area contributed by atoms with Gasteiger partial charge in [-0.05, 0) is 51.7 Å². The minimum Gasteiger partial charge on any atom is -0.444 e. The third kappa shape index (κ3) is 4.96. The number of nitrogens with zero attached hydrogens (tertiary/aromatic N) is 8. The predicted molar refractivity (Wildman–Crippen MR) is 147 cm³/mol. The number of nitrogens with one attached hydrogen (secondary N) is 1. The molecule has 1 aliphatic carbocycles. The zero-order valence-electron chi connectivity index (χ0n) is 22.0. The Balaban J connectivity index is 1.40. The van der Waals surface area contributed by atoms with Gasteiger partial charge in [0.2, 0.25) is 0 Å². The number of carbonyl (C=O) groups excluding carboxylic acids is 1. The molecular weight excluding hydrogens is 522 g/mol. The van der Waals surface area contributed by atoms with Crippen LogP contribution in [0.5, 0.6) is 0 Å². The van der Waals surface area contributed by atoms with Crippen molar-refractivity contribution in [1.82, 2.24) is 34.1 Å². The number of halogens is 1. The summed E-state index contributed by atoms with van der Waals surface area (Å²) >= 11 is 6.50. The minimum atomic E-state index is -0.582. The van der Waals surface area contributed by atoms with Crippen LogP contribution in [-0.4, -0.2) is 72.0 Å². The summed E-state index contributed by atoms with van der Waals surface area (Å²) in [7, 11) is 0. The first kappa shape index (κ1) is 25.4. The zero-order chi connectivity index (χ0) is 27.3. The Morgan fingerprint density at radius 1 is 1.15 bits per heavy atom. The Morgan fingerprint density at radius 3 is 2.64 bits per heavy atom. The number of anilines is 1. The first-order valence-corrected chi connectivity index (χ1v) is 13.4. The molecule has 12 nitrogen and oxygen atoms in total. The summed E-state index contributed by atoms with van der Waals surface area (Å²) in [5.41, 5.74) is 0.299. The number of piperazine rings is 1. The van der Waals surface area contributed by atoms with E-state index in [4.69, 9.17) is 21.3 Å². The van der Waals surface area contributed by atoms with Crippen molar-refractivity contribution in [2.75, 3.05) is 36.5 Å². The number of aromatic nitrogens is 6.